The Balaban J connectivity index is 1.25. The van der Waals surface area contributed by atoms with Crippen molar-refractivity contribution in [2.45, 2.75) is 57.5 Å². The second-order valence-corrected chi connectivity index (χ2v) is 13.6. The molecule has 2 amide bonds. The molecule has 0 aromatic heterocycles. The Hall–Kier alpha value is -3.75. The number of alkyl halides is 3. The van der Waals surface area contributed by atoms with Gasteiger partial charge in [-0.05, 0) is 94.2 Å². The van der Waals surface area contributed by atoms with Crippen molar-refractivity contribution in [2.75, 3.05) is 38.1 Å². The molecular formula is C31H36F3N5O5S. The molecule has 0 saturated carbocycles. The first-order valence-electron chi connectivity index (χ1n) is 14.7. The van der Waals surface area contributed by atoms with E-state index in [4.69, 9.17) is 0 Å². The second-order valence-electron chi connectivity index (χ2n) is 11.7. The highest BCUT2D eigenvalue weighted by Crippen LogP contribution is 2.33. The van der Waals surface area contributed by atoms with Crippen LogP contribution in [0.2, 0.25) is 0 Å². The molecule has 10 nitrogen and oxygen atoms in total. The van der Waals surface area contributed by atoms with Gasteiger partial charge in [0.25, 0.3) is 5.91 Å². The number of ether oxygens (including phenoxy) is 1. The van der Waals surface area contributed by atoms with E-state index in [2.05, 4.69) is 27.0 Å². The minimum absolute atomic E-state index is 0.0333. The summed E-state index contributed by atoms with van der Waals surface area (Å²) < 4.78 is 69.7. The fourth-order valence-corrected chi connectivity index (χ4v) is 7.27. The maximum absolute atomic E-state index is 13.2. The van der Waals surface area contributed by atoms with Crippen molar-refractivity contribution >= 4 is 39.4 Å². The molecule has 1 N–H and O–H groups in total. The number of amides is 2. The molecule has 0 unspecified atom stereocenters. The lowest BCUT2D eigenvalue weighted by Gasteiger charge is -2.37. The number of likely N-dealkylation sites (tertiary alicyclic amines) is 1. The van der Waals surface area contributed by atoms with Crippen LogP contribution >= 0.6 is 0 Å². The van der Waals surface area contributed by atoms with Crippen molar-refractivity contribution in [1.82, 2.24) is 14.5 Å². The first-order valence-corrected chi connectivity index (χ1v) is 16.2. The molecule has 1 spiro atoms. The SMILES string of the molecule is CC(=O)N(c1ccc(C=CS(=O)(=O)N2CCC3(CC2)N=C(c2cccc(OC(F)(F)F)c2)NC3=O)c(C)c1)C1CCN(C)CC1. The Kier molecular flexibility index (Phi) is 9.11. The maximum atomic E-state index is 13.2. The summed E-state index contributed by atoms with van der Waals surface area (Å²) in [5.74, 6) is -0.789. The van der Waals surface area contributed by atoms with Crippen LogP contribution in [0.1, 0.15) is 49.3 Å². The number of carbonyl (C=O) groups excluding carboxylic acids is 2. The summed E-state index contributed by atoms with van der Waals surface area (Å²) in [6, 6.07) is 10.8. The van der Waals surface area contributed by atoms with Crippen LogP contribution in [0.25, 0.3) is 6.08 Å². The van der Waals surface area contributed by atoms with Gasteiger partial charge in [0.1, 0.15) is 17.1 Å². The third kappa shape index (κ3) is 7.39. The number of anilines is 1. The lowest BCUT2D eigenvalue weighted by Crippen LogP contribution is -2.50. The third-order valence-electron chi connectivity index (χ3n) is 8.57. The highest BCUT2D eigenvalue weighted by atomic mass is 32.2. The number of aliphatic imine (C=N–C) groups is 1. The molecule has 14 heteroatoms. The Labute approximate surface area is 260 Å². The molecule has 242 valence electrons. The van der Waals surface area contributed by atoms with Crippen LogP contribution in [-0.2, 0) is 19.6 Å². The monoisotopic (exact) mass is 647 g/mol. The van der Waals surface area contributed by atoms with Crippen LogP contribution in [-0.4, -0.2) is 86.4 Å². The van der Waals surface area contributed by atoms with Crippen molar-refractivity contribution in [1.29, 1.82) is 0 Å². The normalized spacial score (nSPS) is 20.0. The number of hydrogen-bond acceptors (Lipinski definition) is 7. The molecule has 0 bridgehead atoms. The van der Waals surface area contributed by atoms with E-state index in [1.807, 2.05) is 24.0 Å². The molecule has 3 heterocycles. The van der Waals surface area contributed by atoms with Crippen molar-refractivity contribution < 1.29 is 35.9 Å². The first-order chi connectivity index (χ1) is 21.2. The number of piperidine rings is 2. The highest BCUT2D eigenvalue weighted by molar-refractivity contribution is 7.92. The Morgan fingerprint density at radius 2 is 1.80 bits per heavy atom. The number of amidine groups is 1. The third-order valence-corrected chi connectivity index (χ3v) is 10.1. The lowest BCUT2D eigenvalue weighted by atomic mass is 9.89. The zero-order chi connectivity index (χ0) is 32.6. The zero-order valence-corrected chi connectivity index (χ0v) is 26.1. The molecular weight excluding hydrogens is 611 g/mol. The number of benzene rings is 2. The molecule has 2 aromatic carbocycles. The molecule has 3 aliphatic heterocycles. The van der Waals surface area contributed by atoms with Gasteiger partial charge in [-0.3, -0.25) is 14.6 Å². The number of rotatable bonds is 7. The summed E-state index contributed by atoms with van der Waals surface area (Å²) in [6.07, 6.45) is -1.35. The van der Waals surface area contributed by atoms with E-state index in [-0.39, 0.29) is 49.3 Å². The van der Waals surface area contributed by atoms with Crippen LogP contribution < -0.4 is 15.0 Å². The topological polar surface area (TPSA) is 112 Å². The number of aryl methyl sites for hydroxylation is 1. The standard InChI is InChI=1S/C31H36F3N5O5S/c1-21-19-26(39(22(2)40)25-9-14-37(3)15-10-25)8-7-23(21)11-18-45(42,43)38-16-12-30(13-17-38)29(41)35-28(36-30)24-5-4-6-27(20-24)44-31(32,33)34/h4-8,11,18-20,25H,9-10,12-17H2,1-3H3,(H,35,36,41). The van der Waals surface area contributed by atoms with E-state index >= 15 is 0 Å². The number of nitrogens with zero attached hydrogens (tertiary/aromatic N) is 4. The van der Waals surface area contributed by atoms with Gasteiger partial charge >= 0.3 is 6.36 Å². The van der Waals surface area contributed by atoms with Gasteiger partial charge in [0.05, 0.1) is 0 Å². The van der Waals surface area contributed by atoms with Crippen molar-refractivity contribution in [2.24, 2.45) is 4.99 Å². The zero-order valence-electron chi connectivity index (χ0n) is 25.3. The smallest absolute Gasteiger partial charge is 0.406 e. The van der Waals surface area contributed by atoms with Crippen LogP contribution in [0.4, 0.5) is 18.9 Å². The number of nitrogens with one attached hydrogen (secondary N) is 1. The summed E-state index contributed by atoms with van der Waals surface area (Å²) in [4.78, 5) is 34.1. The molecule has 0 atom stereocenters. The fourth-order valence-electron chi connectivity index (χ4n) is 6.09. The van der Waals surface area contributed by atoms with Gasteiger partial charge in [0.2, 0.25) is 15.9 Å². The van der Waals surface area contributed by atoms with Gasteiger partial charge in [-0.25, -0.2) is 8.42 Å². The molecule has 3 aliphatic rings. The summed E-state index contributed by atoms with van der Waals surface area (Å²) in [5, 5.41) is 3.78. The van der Waals surface area contributed by atoms with Crippen molar-refractivity contribution in [3.05, 3.63) is 64.6 Å². The number of hydrogen-bond donors (Lipinski definition) is 1. The van der Waals surface area contributed by atoms with E-state index in [1.54, 1.807) is 13.0 Å². The summed E-state index contributed by atoms with van der Waals surface area (Å²) in [7, 11) is -1.77. The summed E-state index contributed by atoms with van der Waals surface area (Å²) in [6.45, 7) is 5.33. The Morgan fingerprint density at radius 1 is 1.11 bits per heavy atom. The van der Waals surface area contributed by atoms with E-state index in [0.717, 1.165) is 54.7 Å². The summed E-state index contributed by atoms with van der Waals surface area (Å²) >= 11 is 0. The van der Waals surface area contributed by atoms with Crippen LogP contribution in [0, 0.1) is 6.92 Å². The molecule has 0 radical (unpaired) electrons. The molecule has 45 heavy (non-hydrogen) atoms. The van der Waals surface area contributed by atoms with Gasteiger partial charge in [0.15, 0.2) is 0 Å². The number of carbonyl (C=O) groups is 2. The predicted octanol–water partition coefficient (Wildman–Crippen LogP) is 4.05. The van der Waals surface area contributed by atoms with Crippen LogP contribution in [0.5, 0.6) is 5.75 Å². The Bertz CT molecular complexity index is 1630. The van der Waals surface area contributed by atoms with Crippen LogP contribution in [0.15, 0.2) is 52.9 Å². The fraction of sp³-hybridized carbons (Fsp3) is 0.452. The van der Waals surface area contributed by atoms with E-state index in [0.29, 0.717) is 5.56 Å². The highest BCUT2D eigenvalue weighted by Gasteiger charge is 2.47. The second kappa shape index (κ2) is 12.6. The molecule has 5 rings (SSSR count). The van der Waals surface area contributed by atoms with E-state index < -0.39 is 33.6 Å². The first kappa shape index (κ1) is 32.6. The molecule has 2 saturated heterocycles. The van der Waals surface area contributed by atoms with E-state index in [9.17, 15) is 31.2 Å². The number of sulfonamides is 1. The molecule has 2 fully saturated rings. The average molecular weight is 648 g/mol. The van der Waals surface area contributed by atoms with Crippen molar-refractivity contribution in [3.63, 3.8) is 0 Å². The van der Waals surface area contributed by atoms with Gasteiger partial charge in [-0.2, -0.15) is 4.31 Å². The lowest BCUT2D eigenvalue weighted by molar-refractivity contribution is -0.274. The molecule has 0 aliphatic carbocycles. The van der Waals surface area contributed by atoms with E-state index in [1.165, 1.54) is 22.5 Å². The largest absolute Gasteiger partial charge is 0.573 e. The number of halogens is 3. The van der Waals surface area contributed by atoms with Crippen molar-refractivity contribution in [3.8, 4) is 5.75 Å². The van der Waals surface area contributed by atoms with Gasteiger partial charge < -0.3 is 19.9 Å². The minimum atomic E-state index is -4.86. The predicted molar refractivity (Wildman–Crippen MR) is 164 cm³/mol. The quantitative estimate of drug-likeness (QED) is 0.486. The average Bonchev–Trinajstić information content (AvgIpc) is 3.28. The maximum Gasteiger partial charge on any atom is 0.573 e. The van der Waals surface area contributed by atoms with Gasteiger partial charge in [0, 0.05) is 42.7 Å². The minimum Gasteiger partial charge on any atom is -0.406 e. The molecule has 2 aromatic rings. The summed E-state index contributed by atoms with van der Waals surface area (Å²) in [5.41, 5.74) is 1.34. The Morgan fingerprint density at radius 3 is 2.42 bits per heavy atom. The van der Waals surface area contributed by atoms with Crippen LogP contribution in [0.3, 0.4) is 0 Å². The van der Waals surface area contributed by atoms with Gasteiger partial charge in [-0.1, -0.05) is 18.2 Å². The van der Waals surface area contributed by atoms with Gasteiger partial charge in [-0.15, -0.1) is 13.2 Å².